The van der Waals surface area contributed by atoms with Crippen molar-refractivity contribution >= 4 is 27.6 Å². The third-order valence-electron chi connectivity index (χ3n) is 8.97. The number of rotatable bonds is 11. The van der Waals surface area contributed by atoms with E-state index in [1.807, 2.05) is 24.3 Å². The van der Waals surface area contributed by atoms with Crippen LogP contribution >= 0.6 is 0 Å². The standard InChI is InChI=1S/C39H34O7/c1-2-27(15-28-16-30(8-3-24(1)28)41-20-34-21-42-34)39-36-19-33(11-6-26(36)7-12-37(39)44-23-35-22-43-35)45-31-9-4-25-5-10-32(18-29(25)17-31)46-38-13-14-40-38/h1-2,4-7,9-12,15-19,34-35,38H,3,8,13-14,20-23H2. The van der Waals surface area contributed by atoms with Crippen LogP contribution in [0, 0.1) is 0 Å². The van der Waals surface area contributed by atoms with Crippen molar-refractivity contribution in [3.05, 3.63) is 102 Å². The van der Waals surface area contributed by atoms with Gasteiger partial charge < -0.3 is 33.2 Å². The van der Waals surface area contributed by atoms with Crippen LogP contribution in [0.15, 0.2) is 90.7 Å². The molecule has 232 valence electrons. The second kappa shape index (κ2) is 11.7. The number of aryl methyl sites for hydroxylation is 1. The molecule has 3 fully saturated rings. The fourth-order valence-electron chi connectivity index (χ4n) is 6.14. The first-order chi connectivity index (χ1) is 22.7. The molecule has 0 amide bonds. The quantitative estimate of drug-likeness (QED) is 0.139. The van der Waals surface area contributed by atoms with E-state index in [0.29, 0.717) is 13.2 Å². The summed E-state index contributed by atoms with van der Waals surface area (Å²) in [4.78, 5) is 0. The van der Waals surface area contributed by atoms with Gasteiger partial charge in [-0.3, -0.25) is 0 Å². The lowest BCUT2D eigenvalue weighted by molar-refractivity contribution is -0.165. The van der Waals surface area contributed by atoms with Crippen LogP contribution in [-0.4, -0.2) is 51.5 Å². The smallest absolute Gasteiger partial charge is 0.202 e. The first-order valence-corrected chi connectivity index (χ1v) is 16.1. The predicted octanol–water partition coefficient (Wildman–Crippen LogP) is 8.06. The summed E-state index contributed by atoms with van der Waals surface area (Å²) < 4.78 is 41.1. The van der Waals surface area contributed by atoms with Crippen LogP contribution in [0.2, 0.25) is 0 Å². The SMILES string of the molecule is C1=C(OCC2CO2)CCc2ccc(-c3c(OCC4CO4)ccc4ccc(Oc5ccc6ccc(OC7CCO7)cc6c5)cc34)cc21. The molecule has 3 aliphatic heterocycles. The van der Waals surface area contributed by atoms with E-state index in [1.54, 1.807) is 0 Å². The fraction of sp³-hybridized carbons (Fsp3) is 0.282. The molecule has 5 aromatic carbocycles. The highest BCUT2D eigenvalue weighted by Gasteiger charge is 2.26. The molecule has 0 radical (unpaired) electrons. The van der Waals surface area contributed by atoms with Crippen molar-refractivity contribution in [1.29, 1.82) is 0 Å². The van der Waals surface area contributed by atoms with Crippen LogP contribution in [0.25, 0.3) is 38.7 Å². The van der Waals surface area contributed by atoms with E-state index in [4.69, 9.17) is 33.2 Å². The zero-order chi connectivity index (χ0) is 30.5. The van der Waals surface area contributed by atoms with E-state index in [2.05, 4.69) is 66.7 Å². The Hall–Kier alpha value is -4.56. The van der Waals surface area contributed by atoms with Gasteiger partial charge in [-0.2, -0.15) is 0 Å². The Morgan fingerprint density at radius 1 is 0.652 bits per heavy atom. The molecule has 1 aliphatic carbocycles. The van der Waals surface area contributed by atoms with Gasteiger partial charge >= 0.3 is 0 Å². The minimum absolute atomic E-state index is 0.153. The van der Waals surface area contributed by atoms with E-state index in [1.165, 1.54) is 11.1 Å². The van der Waals surface area contributed by atoms with Crippen LogP contribution in [0.3, 0.4) is 0 Å². The zero-order valence-corrected chi connectivity index (χ0v) is 25.4. The fourth-order valence-corrected chi connectivity index (χ4v) is 6.14. The molecule has 4 aliphatic rings. The zero-order valence-electron chi connectivity index (χ0n) is 25.4. The Balaban J connectivity index is 1.06. The lowest BCUT2D eigenvalue weighted by Crippen LogP contribution is -2.32. The van der Waals surface area contributed by atoms with Crippen LogP contribution < -0.4 is 14.2 Å². The van der Waals surface area contributed by atoms with Gasteiger partial charge in [-0.25, -0.2) is 0 Å². The molecule has 3 unspecified atom stereocenters. The summed E-state index contributed by atoms with van der Waals surface area (Å²) >= 11 is 0. The Bertz CT molecular complexity index is 1970. The van der Waals surface area contributed by atoms with Crippen molar-refractivity contribution < 1.29 is 33.2 Å². The number of hydrogen-bond donors (Lipinski definition) is 0. The minimum Gasteiger partial charge on any atom is -0.495 e. The average molecular weight is 615 g/mol. The van der Waals surface area contributed by atoms with Crippen molar-refractivity contribution in [3.63, 3.8) is 0 Å². The maximum Gasteiger partial charge on any atom is 0.202 e. The van der Waals surface area contributed by atoms with E-state index in [0.717, 1.165) is 101 Å². The monoisotopic (exact) mass is 614 g/mol. The normalized spacial score (nSPS) is 21.2. The molecule has 7 nitrogen and oxygen atoms in total. The summed E-state index contributed by atoms with van der Waals surface area (Å²) in [6.07, 6.45) is 5.19. The number of allylic oxidation sites excluding steroid dienone is 1. The van der Waals surface area contributed by atoms with E-state index < -0.39 is 0 Å². The van der Waals surface area contributed by atoms with Gasteiger partial charge in [-0.05, 0) is 99.3 Å². The highest BCUT2D eigenvalue weighted by atomic mass is 16.7. The van der Waals surface area contributed by atoms with Gasteiger partial charge in [0.1, 0.15) is 48.4 Å². The lowest BCUT2D eigenvalue weighted by atomic mass is 9.90. The summed E-state index contributed by atoms with van der Waals surface area (Å²) in [6, 6.07) is 29.3. The van der Waals surface area contributed by atoms with Crippen molar-refractivity contribution in [1.82, 2.24) is 0 Å². The molecule has 7 heteroatoms. The highest BCUT2D eigenvalue weighted by Crippen LogP contribution is 2.41. The molecule has 0 N–H and O–H groups in total. The van der Waals surface area contributed by atoms with Gasteiger partial charge in [-0.1, -0.05) is 36.4 Å². The van der Waals surface area contributed by atoms with Crippen molar-refractivity contribution in [2.45, 2.75) is 37.8 Å². The average Bonchev–Trinajstić information content (AvgIpc) is 4.00. The molecule has 9 rings (SSSR count). The van der Waals surface area contributed by atoms with Crippen LogP contribution in [0.1, 0.15) is 24.0 Å². The molecule has 3 heterocycles. The minimum atomic E-state index is -0.154. The summed E-state index contributed by atoms with van der Waals surface area (Å²) in [6.45, 7) is 3.43. The third kappa shape index (κ3) is 5.89. The van der Waals surface area contributed by atoms with Crippen molar-refractivity contribution in [2.75, 3.05) is 33.0 Å². The van der Waals surface area contributed by atoms with Crippen LogP contribution in [0.5, 0.6) is 23.0 Å². The lowest BCUT2D eigenvalue weighted by Gasteiger charge is -2.26. The number of fused-ring (bicyclic) bond motifs is 3. The molecule has 46 heavy (non-hydrogen) atoms. The number of hydrogen-bond acceptors (Lipinski definition) is 7. The molecule has 3 saturated heterocycles. The molecular formula is C39H34O7. The van der Waals surface area contributed by atoms with Gasteiger partial charge in [0.05, 0.1) is 25.6 Å². The van der Waals surface area contributed by atoms with E-state index in [9.17, 15) is 0 Å². The van der Waals surface area contributed by atoms with Gasteiger partial charge in [0, 0.05) is 18.4 Å². The summed E-state index contributed by atoms with van der Waals surface area (Å²) in [5.74, 6) is 4.15. The Kier molecular flexibility index (Phi) is 7.03. The maximum atomic E-state index is 6.48. The molecule has 0 aromatic heterocycles. The summed E-state index contributed by atoms with van der Waals surface area (Å²) in [7, 11) is 0. The number of ether oxygens (including phenoxy) is 7. The number of benzene rings is 5. The second-order valence-electron chi connectivity index (χ2n) is 12.4. The first-order valence-electron chi connectivity index (χ1n) is 16.1. The number of epoxide rings is 2. The largest absolute Gasteiger partial charge is 0.495 e. The maximum absolute atomic E-state index is 6.48. The van der Waals surface area contributed by atoms with Gasteiger partial charge in [0.25, 0.3) is 0 Å². The van der Waals surface area contributed by atoms with E-state index >= 15 is 0 Å². The van der Waals surface area contributed by atoms with Gasteiger partial charge in [0.2, 0.25) is 6.29 Å². The first kappa shape index (κ1) is 27.7. The van der Waals surface area contributed by atoms with E-state index in [-0.39, 0.29) is 18.5 Å². The topological polar surface area (TPSA) is 71.2 Å². The molecule has 0 spiro atoms. The second-order valence-corrected chi connectivity index (χ2v) is 12.4. The summed E-state index contributed by atoms with van der Waals surface area (Å²) in [5.41, 5.74) is 4.63. The molecule has 0 saturated carbocycles. The van der Waals surface area contributed by atoms with Gasteiger partial charge in [-0.15, -0.1) is 0 Å². The predicted molar refractivity (Wildman–Crippen MR) is 176 cm³/mol. The third-order valence-corrected chi connectivity index (χ3v) is 8.97. The molecule has 3 atom stereocenters. The van der Waals surface area contributed by atoms with Crippen LogP contribution in [-0.2, 0) is 25.4 Å². The Morgan fingerprint density at radius 2 is 1.37 bits per heavy atom. The van der Waals surface area contributed by atoms with Crippen molar-refractivity contribution in [3.8, 4) is 34.1 Å². The molecular weight excluding hydrogens is 580 g/mol. The Labute approximate surface area is 267 Å². The Morgan fingerprint density at radius 3 is 2.15 bits per heavy atom. The van der Waals surface area contributed by atoms with Crippen LogP contribution in [0.4, 0.5) is 0 Å². The summed E-state index contributed by atoms with van der Waals surface area (Å²) in [5, 5.41) is 4.33. The molecule has 0 bridgehead atoms. The van der Waals surface area contributed by atoms with Crippen molar-refractivity contribution in [2.24, 2.45) is 0 Å². The molecule has 5 aromatic rings. The highest BCUT2D eigenvalue weighted by molar-refractivity contribution is 6.01. The van der Waals surface area contributed by atoms with Gasteiger partial charge in [0.15, 0.2) is 0 Å².